The molecule has 0 spiro atoms. The summed E-state index contributed by atoms with van der Waals surface area (Å²) in [6.07, 6.45) is 10.1. The monoisotopic (exact) mass is 511 g/mol. The fourth-order valence-electron chi connectivity index (χ4n) is 6.14. The molecule has 204 valence electrons. The zero-order valence-corrected chi connectivity index (χ0v) is 23.2. The zero-order chi connectivity index (χ0) is 26.6. The van der Waals surface area contributed by atoms with Gasteiger partial charge in [-0.15, -0.1) is 0 Å². The molecule has 37 heavy (non-hydrogen) atoms. The highest BCUT2D eigenvalue weighted by Crippen LogP contribution is 2.36. The van der Waals surface area contributed by atoms with E-state index in [-0.39, 0.29) is 24.0 Å². The fraction of sp³-hybridized carbons (Fsp3) is 0.667. The number of hydrogen-bond acceptors (Lipinski definition) is 4. The van der Waals surface area contributed by atoms with Crippen molar-refractivity contribution < 1.29 is 18.7 Å². The van der Waals surface area contributed by atoms with Crippen LogP contribution >= 0.6 is 0 Å². The number of rotatable bonds is 10. The molecule has 2 atom stereocenters. The maximum absolute atomic E-state index is 14.1. The van der Waals surface area contributed by atoms with Crippen LogP contribution in [0.3, 0.4) is 0 Å². The number of nitrogens with one attached hydrogen (secondary N) is 1. The van der Waals surface area contributed by atoms with Crippen LogP contribution in [-0.4, -0.2) is 52.1 Å². The number of hydrogen-bond donors (Lipinski definition) is 1. The van der Waals surface area contributed by atoms with Gasteiger partial charge in [0, 0.05) is 31.3 Å². The van der Waals surface area contributed by atoms with Gasteiger partial charge in [0.1, 0.15) is 17.0 Å². The summed E-state index contributed by atoms with van der Waals surface area (Å²) in [5.74, 6) is 0.657. The molecule has 0 saturated heterocycles. The number of furan rings is 1. The first-order chi connectivity index (χ1) is 17.8. The van der Waals surface area contributed by atoms with Crippen LogP contribution in [0, 0.1) is 6.92 Å². The largest absolute Gasteiger partial charge is 0.460 e. The first-order valence-corrected chi connectivity index (χ1v) is 14.3. The quantitative estimate of drug-likeness (QED) is 0.307. The highest BCUT2D eigenvalue weighted by Gasteiger charge is 2.50. The molecule has 2 amide bonds. The van der Waals surface area contributed by atoms with Crippen molar-refractivity contribution >= 4 is 22.9 Å². The topological polar surface area (TPSA) is 76.7 Å². The molecule has 1 N–H and O–H groups in total. The number of ether oxygens (including phenoxy) is 1. The van der Waals surface area contributed by atoms with Crippen LogP contribution in [0.2, 0.25) is 0 Å². The lowest BCUT2D eigenvalue weighted by atomic mass is 9.88. The highest BCUT2D eigenvalue weighted by molar-refractivity contribution is 6.03. The summed E-state index contributed by atoms with van der Waals surface area (Å²) >= 11 is 0. The first-order valence-electron chi connectivity index (χ1n) is 14.3. The summed E-state index contributed by atoms with van der Waals surface area (Å²) in [6, 6.07) is 3.96. The summed E-state index contributed by atoms with van der Waals surface area (Å²) in [6.45, 7) is 13.4. The molecular formula is C30H45N3O4. The molecule has 1 saturated carbocycles. The molecule has 2 unspecified atom stereocenters. The molecule has 2 aliphatic rings. The SMILES string of the molecule is C=C(C)C(CC)OCCCN1C(=O)c2cc3oc(C)cc3n2CC1(CC)C(=O)NC1CCCCCCC1. The van der Waals surface area contributed by atoms with E-state index in [2.05, 4.69) is 18.8 Å². The Morgan fingerprint density at radius 1 is 1.22 bits per heavy atom. The second-order valence-electron chi connectivity index (χ2n) is 11.0. The number of aromatic nitrogens is 1. The summed E-state index contributed by atoms with van der Waals surface area (Å²) in [5, 5.41) is 3.40. The van der Waals surface area contributed by atoms with E-state index in [1.165, 1.54) is 19.3 Å². The number of nitrogens with zero attached hydrogens (tertiary/aromatic N) is 2. The number of aryl methyl sites for hydroxylation is 1. The van der Waals surface area contributed by atoms with E-state index >= 15 is 0 Å². The minimum absolute atomic E-state index is 0.0167. The van der Waals surface area contributed by atoms with Crippen LogP contribution in [-0.2, 0) is 16.1 Å². The van der Waals surface area contributed by atoms with E-state index in [1.807, 2.05) is 42.4 Å². The molecule has 1 fully saturated rings. The number of carbonyl (C=O) groups is 2. The average molecular weight is 512 g/mol. The van der Waals surface area contributed by atoms with Gasteiger partial charge in [-0.3, -0.25) is 9.59 Å². The molecule has 7 nitrogen and oxygen atoms in total. The van der Waals surface area contributed by atoms with Gasteiger partial charge in [0.2, 0.25) is 5.91 Å². The van der Waals surface area contributed by atoms with Gasteiger partial charge in [-0.2, -0.15) is 0 Å². The highest BCUT2D eigenvalue weighted by atomic mass is 16.5. The van der Waals surface area contributed by atoms with Crippen molar-refractivity contribution in [1.29, 1.82) is 0 Å². The van der Waals surface area contributed by atoms with E-state index in [4.69, 9.17) is 9.15 Å². The molecule has 7 heteroatoms. The summed E-state index contributed by atoms with van der Waals surface area (Å²) < 4.78 is 13.9. The molecule has 2 aromatic rings. The molecule has 1 aliphatic heterocycles. The summed E-state index contributed by atoms with van der Waals surface area (Å²) in [5.41, 5.74) is 2.22. The minimum Gasteiger partial charge on any atom is -0.460 e. The van der Waals surface area contributed by atoms with Crippen LogP contribution in [0.4, 0.5) is 0 Å². The van der Waals surface area contributed by atoms with Gasteiger partial charge in [0.15, 0.2) is 5.58 Å². The van der Waals surface area contributed by atoms with Crippen molar-refractivity contribution in [2.24, 2.45) is 0 Å². The molecule has 4 rings (SSSR count). The lowest BCUT2D eigenvalue weighted by molar-refractivity contribution is -0.135. The summed E-state index contributed by atoms with van der Waals surface area (Å²) in [7, 11) is 0. The zero-order valence-electron chi connectivity index (χ0n) is 23.2. The Hall–Kier alpha value is -2.54. The molecule has 1 aliphatic carbocycles. The molecular weight excluding hydrogens is 466 g/mol. The third-order valence-electron chi connectivity index (χ3n) is 8.33. The molecule has 3 heterocycles. The molecule has 0 bridgehead atoms. The maximum atomic E-state index is 14.1. The average Bonchev–Trinajstić information content (AvgIpc) is 3.37. The van der Waals surface area contributed by atoms with Crippen LogP contribution in [0.5, 0.6) is 0 Å². The van der Waals surface area contributed by atoms with E-state index in [0.717, 1.165) is 49.0 Å². The summed E-state index contributed by atoms with van der Waals surface area (Å²) in [4.78, 5) is 29.9. The van der Waals surface area contributed by atoms with Crippen molar-refractivity contribution in [3.63, 3.8) is 0 Å². The van der Waals surface area contributed by atoms with Gasteiger partial charge in [-0.05, 0) is 46.0 Å². The first kappa shape index (κ1) is 27.5. The van der Waals surface area contributed by atoms with Gasteiger partial charge in [-0.25, -0.2) is 0 Å². The minimum atomic E-state index is -0.956. The Balaban J connectivity index is 1.61. The van der Waals surface area contributed by atoms with Crippen LogP contribution < -0.4 is 5.32 Å². The molecule has 2 aromatic heterocycles. The Kier molecular flexibility index (Phi) is 8.83. The molecule has 0 radical (unpaired) electrons. The van der Waals surface area contributed by atoms with Gasteiger partial charge >= 0.3 is 0 Å². The Labute approximate surface area is 221 Å². The van der Waals surface area contributed by atoms with Crippen molar-refractivity contribution in [2.75, 3.05) is 13.2 Å². The standard InChI is InChI=1S/C30H45N3O4/c1-6-26(21(3)4)36-17-13-16-33-28(34)25-19-27-24(18-22(5)37-27)32(25)20-30(33,7-2)29(35)31-23-14-11-9-8-10-12-15-23/h18-19,23,26H,3,6-17,20H2,1-2,4-5H3,(H,31,35). The lowest BCUT2D eigenvalue weighted by Gasteiger charge is -2.46. The second kappa shape index (κ2) is 11.9. The van der Waals surface area contributed by atoms with E-state index in [0.29, 0.717) is 43.8 Å². The van der Waals surface area contributed by atoms with Crippen LogP contribution in [0.15, 0.2) is 28.7 Å². The van der Waals surface area contributed by atoms with Gasteiger partial charge < -0.3 is 23.9 Å². The maximum Gasteiger partial charge on any atom is 0.271 e. The van der Waals surface area contributed by atoms with Crippen molar-refractivity contribution in [1.82, 2.24) is 14.8 Å². The van der Waals surface area contributed by atoms with Gasteiger partial charge in [0.25, 0.3) is 5.91 Å². The predicted octanol–water partition coefficient (Wildman–Crippen LogP) is 6.14. The van der Waals surface area contributed by atoms with E-state index in [1.54, 1.807) is 0 Å². The number of carbonyl (C=O) groups excluding carboxylic acids is 2. The Morgan fingerprint density at radius 2 is 1.92 bits per heavy atom. The predicted molar refractivity (Wildman–Crippen MR) is 147 cm³/mol. The smallest absolute Gasteiger partial charge is 0.271 e. The second-order valence-corrected chi connectivity index (χ2v) is 11.0. The third kappa shape index (κ3) is 5.66. The van der Waals surface area contributed by atoms with Crippen molar-refractivity contribution in [2.45, 2.75) is 116 Å². The Morgan fingerprint density at radius 3 is 2.57 bits per heavy atom. The number of fused-ring (bicyclic) bond motifs is 3. The van der Waals surface area contributed by atoms with Crippen LogP contribution in [0.25, 0.3) is 11.1 Å². The van der Waals surface area contributed by atoms with E-state index in [9.17, 15) is 9.59 Å². The lowest BCUT2D eigenvalue weighted by Crippen LogP contribution is -2.66. The third-order valence-corrected chi connectivity index (χ3v) is 8.33. The fourth-order valence-corrected chi connectivity index (χ4v) is 6.14. The number of amides is 2. The van der Waals surface area contributed by atoms with Crippen LogP contribution in [0.1, 0.15) is 101 Å². The van der Waals surface area contributed by atoms with Gasteiger partial charge in [0.05, 0.1) is 18.2 Å². The molecule has 0 aromatic carbocycles. The van der Waals surface area contributed by atoms with Gasteiger partial charge in [-0.1, -0.05) is 58.1 Å². The Bertz CT molecular complexity index is 1110. The van der Waals surface area contributed by atoms with Crippen molar-refractivity contribution in [3.8, 4) is 0 Å². The normalized spacial score (nSPS) is 21.9. The van der Waals surface area contributed by atoms with E-state index < -0.39 is 5.54 Å². The van der Waals surface area contributed by atoms with Crippen molar-refractivity contribution in [3.05, 3.63) is 35.7 Å².